The Morgan fingerprint density at radius 3 is 2.45 bits per heavy atom. The van der Waals surface area contributed by atoms with Crippen LogP contribution in [-0.2, 0) is 4.79 Å². The second kappa shape index (κ2) is 6.76. The largest absolute Gasteiger partial charge is 0.481 e. The van der Waals surface area contributed by atoms with Crippen molar-refractivity contribution in [2.45, 2.75) is 20.0 Å². The maximum absolute atomic E-state index is 12.2. The van der Waals surface area contributed by atoms with Gasteiger partial charge in [0.05, 0.1) is 5.56 Å². The molecule has 0 aliphatic carbocycles. The molecule has 0 aliphatic rings. The van der Waals surface area contributed by atoms with Crippen LogP contribution in [0.3, 0.4) is 0 Å². The van der Waals surface area contributed by atoms with Crippen LogP contribution in [0, 0.1) is 6.92 Å². The molecule has 0 saturated heterocycles. The molecule has 2 N–H and O–H groups in total. The van der Waals surface area contributed by atoms with E-state index in [0.29, 0.717) is 11.4 Å². The van der Waals surface area contributed by atoms with E-state index in [-0.39, 0.29) is 11.5 Å². The van der Waals surface area contributed by atoms with Crippen molar-refractivity contribution in [3.8, 4) is 5.75 Å². The van der Waals surface area contributed by atoms with Gasteiger partial charge in [-0.1, -0.05) is 24.3 Å². The number of carbonyl (C=O) groups excluding carboxylic acids is 1. The third kappa shape index (κ3) is 3.85. The van der Waals surface area contributed by atoms with Crippen molar-refractivity contribution in [3.05, 3.63) is 59.7 Å². The summed E-state index contributed by atoms with van der Waals surface area (Å²) in [5.41, 5.74) is 1.37. The predicted molar refractivity (Wildman–Crippen MR) is 83.3 cm³/mol. The van der Waals surface area contributed by atoms with E-state index in [1.54, 1.807) is 32.0 Å². The van der Waals surface area contributed by atoms with Crippen LogP contribution in [0.1, 0.15) is 22.8 Å². The molecule has 114 valence electrons. The summed E-state index contributed by atoms with van der Waals surface area (Å²) in [6.45, 7) is 3.43. The lowest BCUT2D eigenvalue weighted by molar-refractivity contribution is -0.122. The highest BCUT2D eigenvalue weighted by atomic mass is 16.5. The summed E-state index contributed by atoms with van der Waals surface area (Å²) >= 11 is 0. The van der Waals surface area contributed by atoms with Crippen LogP contribution in [0.15, 0.2) is 48.5 Å². The molecule has 2 aromatic carbocycles. The molecule has 1 atom stereocenters. The van der Waals surface area contributed by atoms with Crippen molar-refractivity contribution in [1.29, 1.82) is 0 Å². The number of carbonyl (C=O) groups is 2. The monoisotopic (exact) mass is 299 g/mol. The SMILES string of the molecule is Cc1ccc(C(=O)O)cc1NC(=O)C(C)Oc1ccccc1. The van der Waals surface area contributed by atoms with Crippen LogP contribution >= 0.6 is 0 Å². The molecule has 0 radical (unpaired) electrons. The van der Waals surface area contributed by atoms with Crippen LogP contribution < -0.4 is 10.1 Å². The highest BCUT2D eigenvalue weighted by Crippen LogP contribution is 2.18. The predicted octanol–water partition coefficient (Wildman–Crippen LogP) is 3.10. The summed E-state index contributed by atoms with van der Waals surface area (Å²) in [6, 6.07) is 13.6. The number of hydrogen-bond donors (Lipinski definition) is 2. The third-order valence-corrected chi connectivity index (χ3v) is 3.17. The number of ether oxygens (including phenoxy) is 1. The Morgan fingerprint density at radius 2 is 1.82 bits per heavy atom. The molecule has 2 aromatic rings. The lowest BCUT2D eigenvalue weighted by atomic mass is 10.1. The Kier molecular flexibility index (Phi) is 4.78. The Bertz CT molecular complexity index is 682. The Hall–Kier alpha value is -2.82. The normalized spacial score (nSPS) is 11.5. The molecule has 5 nitrogen and oxygen atoms in total. The number of aromatic carboxylic acids is 1. The number of carboxylic acids is 1. The van der Waals surface area contributed by atoms with Gasteiger partial charge in [0.1, 0.15) is 5.75 Å². The molecule has 0 aromatic heterocycles. The molecule has 22 heavy (non-hydrogen) atoms. The molecule has 0 aliphatic heterocycles. The third-order valence-electron chi connectivity index (χ3n) is 3.17. The highest BCUT2D eigenvalue weighted by molar-refractivity contribution is 5.96. The second-order valence-electron chi connectivity index (χ2n) is 4.90. The first-order valence-corrected chi connectivity index (χ1v) is 6.84. The highest BCUT2D eigenvalue weighted by Gasteiger charge is 2.16. The molecule has 0 fully saturated rings. The van der Waals surface area contributed by atoms with Crippen molar-refractivity contribution >= 4 is 17.6 Å². The minimum atomic E-state index is -1.04. The number of carboxylic acid groups (broad SMARTS) is 1. The van der Waals surface area contributed by atoms with Crippen LogP contribution in [0.2, 0.25) is 0 Å². The van der Waals surface area contributed by atoms with Crippen molar-refractivity contribution in [3.63, 3.8) is 0 Å². The van der Waals surface area contributed by atoms with Gasteiger partial charge in [-0.3, -0.25) is 4.79 Å². The van der Waals surface area contributed by atoms with Gasteiger partial charge >= 0.3 is 5.97 Å². The number of anilines is 1. The lowest BCUT2D eigenvalue weighted by Crippen LogP contribution is -2.30. The summed E-state index contributed by atoms with van der Waals surface area (Å²) in [7, 11) is 0. The Morgan fingerprint density at radius 1 is 1.14 bits per heavy atom. The van der Waals surface area contributed by atoms with Gasteiger partial charge in [0.25, 0.3) is 5.91 Å². The van der Waals surface area contributed by atoms with E-state index >= 15 is 0 Å². The summed E-state index contributed by atoms with van der Waals surface area (Å²) in [5.74, 6) is -0.778. The fourth-order valence-electron chi connectivity index (χ4n) is 1.88. The zero-order valence-corrected chi connectivity index (χ0v) is 12.4. The molecule has 2 rings (SSSR count). The van der Waals surface area contributed by atoms with Crippen LogP contribution in [0.5, 0.6) is 5.75 Å². The average Bonchev–Trinajstić information content (AvgIpc) is 2.50. The number of hydrogen-bond acceptors (Lipinski definition) is 3. The Balaban J connectivity index is 2.08. The summed E-state index contributed by atoms with van der Waals surface area (Å²) in [4.78, 5) is 23.2. The van der Waals surface area contributed by atoms with Gasteiger partial charge in [-0.05, 0) is 43.7 Å². The number of para-hydroxylation sites is 1. The number of aryl methyl sites for hydroxylation is 1. The van der Waals surface area contributed by atoms with E-state index < -0.39 is 12.1 Å². The summed E-state index contributed by atoms with van der Waals surface area (Å²) in [5, 5.41) is 11.7. The maximum atomic E-state index is 12.2. The fraction of sp³-hybridized carbons (Fsp3) is 0.176. The number of nitrogens with one attached hydrogen (secondary N) is 1. The molecule has 5 heteroatoms. The van der Waals surface area contributed by atoms with E-state index in [9.17, 15) is 9.59 Å². The molecular formula is C17H17NO4. The molecule has 1 amide bonds. The van der Waals surface area contributed by atoms with E-state index in [4.69, 9.17) is 9.84 Å². The number of rotatable bonds is 5. The van der Waals surface area contributed by atoms with E-state index in [2.05, 4.69) is 5.32 Å². The minimum Gasteiger partial charge on any atom is -0.481 e. The van der Waals surface area contributed by atoms with Gasteiger partial charge < -0.3 is 15.2 Å². The van der Waals surface area contributed by atoms with E-state index in [1.165, 1.54) is 12.1 Å². The number of amides is 1. The van der Waals surface area contributed by atoms with Gasteiger partial charge in [-0.15, -0.1) is 0 Å². The standard InChI is InChI=1S/C17H17NO4/c1-11-8-9-13(17(20)21)10-15(11)18-16(19)12(2)22-14-6-4-3-5-7-14/h3-10,12H,1-2H3,(H,18,19)(H,20,21). The first-order valence-electron chi connectivity index (χ1n) is 6.84. The quantitative estimate of drug-likeness (QED) is 0.889. The first kappa shape index (κ1) is 15.6. The summed E-state index contributed by atoms with van der Waals surface area (Å²) in [6.07, 6.45) is -0.699. The van der Waals surface area contributed by atoms with Crippen LogP contribution in [-0.4, -0.2) is 23.1 Å². The molecule has 0 saturated carbocycles. The maximum Gasteiger partial charge on any atom is 0.335 e. The molecule has 0 spiro atoms. The minimum absolute atomic E-state index is 0.123. The smallest absolute Gasteiger partial charge is 0.335 e. The molecule has 1 unspecified atom stereocenters. The van der Waals surface area contributed by atoms with Crippen molar-refractivity contribution in [2.75, 3.05) is 5.32 Å². The number of benzene rings is 2. The lowest BCUT2D eigenvalue weighted by Gasteiger charge is -2.16. The van der Waals surface area contributed by atoms with Crippen molar-refractivity contribution in [1.82, 2.24) is 0 Å². The molecule has 0 heterocycles. The van der Waals surface area contributed by atoms with Crippen molar-refractivity contribution in [2.24, 2.45) is 0 Å². The summed E-state index contributed by atoms with van der Waals surface area (Å²) < 4.78 is 5.54. The van der Waals surface area contributed by atoms with E-state index in [1.807, 2.05) is 18.2 Å². The first-order chi connectivity index (χ1) is 10.5. The van der Waals surface area contributed by atoms with Crippen LogP contribution in [0.25, 0.3) is 0 Å². The molecule has 0 bridgehead atoms. The fourth-order valence-corrected chi connectivity index (χ4v) is 1.88. The topological polar surface area (TPSA) is 75.6 Å². The second-order valence-corrected chi connectivity index (χ2v) is 4.90. The van der Waals surface area contributed by atoms with Gasteiger partial charge in [0.2, 0.25) is 0 Å². The zero-order valence-electron chi connectivity index (χ0n) is 12.4. The van der Waals surface area contributed by atoms with E-state index in [0.717, 1.165) is 5.56 Å². The van der Waals surface area contributed by atoms with Gasteiger partial charge in [0.15, 0.2) is 6.10 Å². The zero-order chi connectivity index (χ0) is 16.1. The van der Waals surface area contributed by atoms with Gasteiger partial charge in [-0.25, -0.2) is 4.79 Å². The average molecular weight is 299 g/mol. The van der Waals surface area contributed by atoms with Gasteiger partial charge in [-0.2, -0.15) is 0 Å². The molecular weight excluding hydrogens is 282 g/mol. The van der Waals surface area contributed by atoms with Crippen LogP contribution in [0.4, 0.5) is 5.69 Å². The Labute approximate surface area is 128 Å². The van der Waals surface area contributed by atoms with Crippen molar-refractivity contribution < 1.29 is 19.4 Å². The van der Waals surface area contributed by atoms with Gasteiger partial charge in [0, 0.05) is 5.69 Å².